The molecule has 0 spiro atoms. The normalized spacial score (nSPS) is 12.4. The molecule has 1 aromatic heterocycles. The van der Waals surface area contributed by atoms with Crippen molar-refractivity contribution in [1.29, 1.82) is 5.41 Å². The highest BCUT2D eigenvalue weighted by atomic mass is 35.5. The molecular formula is C17H18ClFN4O3S. The molecule has 144 valence electrons. The average Bonchev–Trinajstić information content (AvgIpc) is 2.55. The van der Waals surface area contributed by atoms with Crippen LogP contribution in [0, 0.1) is 11.2 Å². The van der Waals surface area contributed by atoms with E-state index in [1.807, 2.05) is 0 Å². The molecule has 0 saturated heterocycles. The lowest BCUT2D eigenvalue weighted by Gasteiger charge is -2.15. The van der Waals surface area contributed by atoms with Gasteiger partial charge in [-0.05, 0) is 41.8 Å². The van der Waals surface area contributed by atoms with Gasteiger partial charge in [-0.1, -0.05) is 18.5 Å². The molecule has 7 nitrogen and oxygen atoms in total. The molecule has 0 radical (unpaired) electrons. The van der Waals surface area contributed by atoms with Gasteiger partial charge < -0.3 is 11.1 Å². The van der Waals surface area contributed by atoms with Gasteiger partial charge in [0.2, 0.25) is 0 Å². The monoisotopic (exact) mass is 412 g/mol. The number of hydrogen-bond acceptors (Lipinski definition) is 5. The summed E-state index contributed by atoms with van der Waals surface area (Å²) in [5.74, 6) is -3.24. The number of pyridine rings is 1. The lowest BCUT2D eigenvalue weighted by atomic mass is 10.0. The van der Waals surface area contributed by atoms with Gasteiger partial charge >= 0.3 is 0 Å². The fourth-order valence-electron chi connectivity index (χ4n) is 2.47. The van der Waals surface area contributed by atoms with Crippen molar-refractivity contribution >= 4 is 38.9 Å². The standard InChI is InChI=1S/C17H18ClFN4O3S/c1-10(8-27(25,26)9-16(20)21)13-6-12(3-4-14(13)19)23-17(24)15-5-2-11(18)7-22-15/h2-7,10H,8-9H2,1H3,(H3,20,21)(H,23,24). The van der Waals surface area contributed by atoms with Crippen molar-refractivity contribution in [3.63, 3.8) is 0 Å². The van der Waals surface area contributed by atoms with E-state index < -0.39 is 39.1 Å². The zero-order valence-electron chi connectivity index (χ0n) is 14.4. The number of halogens is 2. The average molecular weight is 413 g/mol. The number of carbonyl (C=O) groups is 1. The first-order chi connectivity index (χ1) is 12.6. The number of nitrogens with two attached hydrogens (primary N) is 1. The number of hydrogen-bond donors (Lipinski definition) is 3. The van der Waals surface area contributed by atoms with Crippen LogP contribution in [0.3, 0.4) is 0 Å². The van der Waals surface area contributed by atoms with Crippen molar-refractivity contribution in [2.24, 2.45) is 5.73 Å². The molecule has 0 saturated carbocycles. The highest BCUT2D eigenvalue weighted by Gasteiger charge is 2.21. The number of nitrogens with one attached hydrogen (secondary N) is 2. The number of sulfone groups is 1. The summed E-state index contributed by atoms with van der Waals surface area (Å²) in [6.45, 7) is 1.54. The van der Waals surface area contributed by atoms with Crippen LogP contribution in [0.5, 0.6) is 0 Å². The van der Waals surface area contributed by atoms with Crippen LogP contribution in [-0.2, 0) is 9.84 Å². The Labute approximate surface area is 161 Å². The number of nitrogens with zero attached hydrogens (tertiary/aromatic N) is 1. The first-order valence-corrected chi connectivity index (χ1v) is 10.0. The first-order valence-electron chi connectivity index (χ1n) is 7.83. The fourth-order valence-corrected chi connectivity index (χ4v) is 4.12. The van der Waals surface area contributed by atoms with Gasteiger partial charge in [0.15, 0.2) is 9.84 Å². The number of amidine groups is 1. The lowest BCUT2D eigenvalue weighted by molar-refractivity contribution is 0.102. The molecule has 27 heavy (non-hydrogen) atoms. The van der Waals surface area contributed by atoms with Crippen LogP contribution in [0.1, 0.15) is 28.9 Å². The van der Waals surface area contributed by atoms with E-state index in [1.165, 1.54) is 30.5 Å². The third-order valence-electron chi connectivity index (χ3n) is 3.62. The molecule has 0 fully saturated rings. The van der Waals surface area contributed by atoms with Crippen LogP contribution in [-0.4, -0.2) is 36.7 Å². The van der Waals surface area contributed by atoms with E-state index in [2.05, 4.69) is 10.3 Å². The van der Waals surface area contributed by atoms with Crippen LogP contribution in [0.15, 0.2) is 36.5 Å². The van der Waals surface area contributed by atoms with Gasteiger partial charge in [0.25, 0.3) is 5.91 Å². The van der Waals surface area contributed by atoms with Crippen molar-refractivity contribution in [1.82, 2.24) is 4.98 Å². The lowest BCUT2D eigenvalue weighted by Crippen LogP contribution is -2.26. The number of rotatable bonds is 7. The summed E-state index contributed by atoms with van der Waals surface area (Å²) in [5, 5.41) is 10.1. The summed E-state index contributed by atoms with van der Waals surface area (Å²) in [6, 6.07) is 6.84. The van der Waals surface area contributed by atoms with E-state index in [-0.39, 0.29) is 17.0 Å². The van der Waals surface area contributed by atoms with E-state index in [0.717, 1.165) is 6.07 Å². The largest absolute Gasteiger partial charge is 0.387 e. The number of aromatic nitrogens is 1. The Kier molecular flexibility index (Phi) is 6.50. The molecule has 2 rings (SSSR count). The topological polar surface area (TPSA) is 126 Å². The molecule has 1 unspecified atom stereocenters. The van der Waals surface area contributed by atoms with E-state index in [0.29, 0.717) is 10.7 Å². The molecule has 1 amide bonds. The molecular weight excluding hydrogens is 395 g/mol. The molecule has 10 heteroatoms. The van der Waals surface area contributed by atoms with E-state index >= 15 is 0 Å². The Morgan fingerprint density at radius 3 is 2.67 bits per heavy atom. The fraction of sp³-hybridized carbons (Fsp3) is 0.235. The summed E-state index contributed by atoms with van der Waals surface area (Å²) >= 11 is 5.73. The highest BCUT2D eigenvalue weighted by Crippen LogP contribution is 2.25. The van der Waals surface area contributed by atoms with Gasteiger partial charge in [-0.25, -0.2) is 17.8 Å². The maximum absolute atomic E-state index is 14.2. The molecule has 0 aliphatic rings. The molecule has 1 aromatic carbocycles. The molecule has 0 aliphatic heterocycles. The maximum Gasteiger partial charge on any atom is 0.274 e. The van der Waals surface area contributed by atoms with Crippen LogP contribution < -0.4 is 11.1 Å². The smallest absolute Gasteiger partial charge is 0.274 e. The van der Waals surface area contributed by atoms with Crippen molar-refractivity contribution in [2.45, 2.75) is 12.8 Å². The highest BCUT2D eigenvalue weighted by molar-refractivity contribution is 7.92. The summed E-state index contributed by atoms with van der Waals surface area (Å²) in [4.78, 5) is 16.1. The predicted octanol–water partition coefficient (Wildman–Crippen LogP) is 2.58. The number of carbonyl (C=O) groups excluding carboxylic acids is 1. The van der Waals surface area contributed by atoms with Crippen LogP contribution in [0.2, 0.25) is 5.02 Å². The Bertz CT molecular complexity index is 965. The summed E-state index contributed by atoms with van der Waals surface area (Å²) in [6.07, 6.45) is 1.33. The van der Waals surface area contributed by atoms with Crippen LogP contribution >= 0.6 is 11.6 Å². The third kappa shape index (κ3) is 6.00. The van der Waals surface area contributed by atoms with E-state index in [1.54, 1.807) is 6.92 Å². The zero-order chi connectivity index (χ0) is 20.2. The second-order valence-electron chi connectivity index (χ2n) is 6.03. The molecule has 0 bridgehead atoms. The molecule has 4 N–H and O–H groups in total. The minimum Gasteiger partial charge on any atom is -0.387 e. The van der Waals surface area contributed by atoms with Gasteiger partial charge in [0.05, 0.1) is 10.8 Å². The maximum atomic E-state index is 14.2. The molecule has 0 aliphatic carbocycles. The Hall–Kier alpha value is -2.52. The van der Waals surface area contributed by atoms with Gasteiger partial charge in [0, 0.05) is 11.9 Å². The summed E-state index contributed by atoms with van der Waals surface area (Å²) in [5.41, 5.74) is 5.69. The SMILES string of the molecule is CC(CS(=O)(=O)CC(=N)N)c1cc(NC(=O)c2ccc(Cl)cn2)ccc1F. The van der Waals surface area contributed by atoms with Crippen LogP contribution in [0.25, 0.3) is 0 Å². The minimum atomic E-state index is -3.65. The van der Waals surface area contributed by atoms with Crippen molar-refractivity contribution in [3.05, 3.63) is 58.6 Å². The second-order valence-corrected chi connectivity index (χ2v) is 8.58. The van der Waals surface area contributed by atoms with Gasteiger partial charge in [-0.15, -0.1) is 0 Å². The Morgan fingerprint density at radius 1 is 1.37 bits per heavy atom. The summed E-state index contributed by atoms with van der Waals surface area (Å²) < 4.78 is 38.1. The first kappa shape index (κ1) is 20.8. The number of anilines is 1. The van der Waals surface area contributed by atoms with Gasteiger partial charge in [0.1, 0.15) is 23.1 Å². The van der Waals surface area contributed by atoms with Crippen LogP contribution in [0.4, 0.5) is 10.1 Å². The quantitative estimate of drug-likeness (QED) is 0.476. The van der Waals surface area contributed by atoms with Crippen molar-refractivity contribution in [3.8, 4) is 0 Å². The molecule has 1 atom stereocenters. The third-order valence-corrected chi connectivity index (χ3v) is 5.61. The van der Waals surface area contributed by atoms with Crippen molar-refractivity contribution in [2.75, 3.05) is 16.8 Å². The number of benzene rings is 1. The van der Waals surface area contributed by atoms with Crippen molar-refractivity contribution < 1.29 is 17.6 Å². The van der Waals surface area contributed by atoms with E-state index in [4.69, 9.17) is 22.7 Å². The summed E-state index contributed by atoms with van der Waals surface area (Å²) in [7, 11) is -3.65. The molecule has 2 aromatic rings. The molecule has 1 heterocycles. The van der Waals surface area contributed by atoms with E-state index in [9.17, 15) is 17.6 Å². The Balaban J connectivity index is 2.18. The second kappa shape index (κ2) is 8.45. The van der Waals surface area contributed by atoms with Gasteiger partial charge in [-0.2, -0.15) is 0 Å². The van der Waals surface area contributed by atoms with Gasteiger partial charge in [-0.3, -0.25) is 10.2 Å². The predicted molar refractivity (Wildman–Crippen MR) is 103 cm³/mol. The Morgan fingerprint density at radius 2 is 2.07 bits per heavy atom. The zero-order valence-corrected chi connectivity index (χ0v) is 15.9. The number of amides is 1. The minimum absolute atomic E-state index is 0.127.